The van der Waals surface area contributed by atoms with E-state index in [1.54, 1.807) is 23.1 Å². The van der Waals surface area contributed by atoms with E-state index in [2.05, 4.69) is 9.97 Å². The average Bonchev–Trinajstić information content (AvgIpc) is 2.43. The van der Waals surface area contributed by atoms with E-state index in [0.29, 0.717) is 25.2 Å². The van der Waals surface area contributed by atoms with Gasteiger partial charge >= 0.3 is 0 Å². The molecule has 0 bridgehead atoms. The van der Waals surface area contributed by atoms with Crippen LogP contribution in [0, 0.1) is 11.6 Å². The van der Waals surface area contributed by atoms with E-state index in [4.69, 9.17) is 5.73 Å². The van der Waals surface area contributed by atoms with Crippen LogP contribution in [-0.4, -0.2) is 23.1 Å². The van der Waals surface area contributed by atoms with Crippen LogP contribution in [0.1, 0.15) is 6.42 Å². The van der Waals surface area contributed by atoms with Gasteiger partial charge in [0.15, 0.2) is 5.82 Å². The molecular weight excluding hydrogens is 250 g/mol. The summed E-state index contributed by atoms with van der Waals surface area (Å²) in [5, 5.41) is 0. The van der Waals surface area contributed by atoms with E-state index in [9.17, 15) is 8.78 Å². The Morgan fingerprint density at radius 2 is 1.79 bits per heavy atom. The predicted octanol–water partition coefficient (Wildman–Crippen LogP) is 2.24. The Kier molecular flexibility index (Phi) is 4.35. The fourth-order valence-corrected chi connectivity index (χ4v) is 1.69. The molecule has 0 radical (unpaired) electrons. The molecule has 19 heavy (non-hydrogen) atoms. The summed E-state index contributed by atoms with van der Waals surface area (Å²) in [5.41, 5.74) is 5.82. The maximum atomic E-state index is 13.8. The Morgan fingerprint density at radius 3 is 2.42 bits per heavy atom. The van der Waals surface area contributed by atoms with Crippen LogP contribution in [0.3, 0.4) is 0 Å². The first-order valence-electron chi connectivity index (χ1n) is 5.92. The largest absolute Gasteiger partial charge is 0.330 e. The highest BCUT2D eigenvalue weighted by Gasteiger charge is 2.15. The summed E-state index contributed by atoms with van der Waals surface area (Å²) < 4.78 is 26.7. The van der Waals surface area contributed by atoms with Crippen molar-refractivity contribution in [2.45, 2.75) is 6.42 Å². The van der Waals surface area contributed by atoms with Gasteiger partial charge in [-0.25, -0.2) is 18.7 Å². The lowest BCUT2D eigenvalue weighted by molar-refractivity contribution is 0.609. The molecule has 1 heterocycles. The molecule has 6 heteroatoms. The van der Waals surface area contributed by atoms with Crippen molar-refractivity contribution < 1.29 is 8.78 Å². The number of aromatic nitrogens is 2. The van der Waals surface area contributed by atoms with Crippen molar-refractivity contribution >= 4 is 11.6 Å². The lowest BCUT2D eigenvalue weighted by Crippen LogP contribution is -2.23. The molecule has 0 saturated carbocycles. The number of rotatable bonds is 5. The Hall–Kier alpha value is -2.08. The highest BCUT2D eigenvalue weighted by atomic mass is 19.1. The average molecular weight is 264 g/mol. The van der Waals surface area contributed by atoms with E-state index in [1.165, 1.54) is 6.07 Å². The summed E-state index contributed by atoms with van der Waals surface area (Å²) in [4.78, 5) is 9.35. The molecule has 0 aliphatic heterocycles. The minimum atomic E-state index is -0.531. The van der Waals surface area contributed by atoms with Gasteiger partial charge in [0.1, 0.15) is 5.82 Å². The lowest BCUT2D eigenvalue weighted by Gasteiger charge is -2.22. The number of nitrogens with two attached hydrogens (primary N) is 1. The maximum Gasteiger partial charge on any atom is 0.230 e. The Morgan fingerprint density at radius 1 is 1.11 bits per heavy atom. The van der Waals surface area contributed by atoms with Gasteiger partial charge in [-0.3, -0.25) is 0 Å². The molecule has 1 aromatic heterocycles. The maximum absolute atomic E-state index is 13.8. The van der Waals surface area contributed by atoms with Gasteiger partial charge in [-0.2, -0.15) is 0 Å². The molecule has 2 aromatic rings. The van der Waals surface area contributed by atoms with Gasteiger partial charge in [-0.05, 0) is 25.1 Å². The van der Waals surface area contributed by atoms with Crippen LogP contribution in [0.25, 0.3) is 0 Å². The second kappa shape index (κ2) is 6.19. The highest BCUT2D eigenvalue weighted by Crippen LogP contribution is 2.24. The number of hydrogen-bond donors (Lipinski definition) is 1. The van der Waals surface area contributed by atoms with E-state index < -0.39 is 5.82 Å². The van der Waals surface area contributed by atoms with Crippen molar-refractivity contribution in [2.24, 2.45) is 5.73 Å². The quantitative estimate of drug-likeness (QED) is 0.899. The summed E-state index contributed by atoms with van der Waals surface area (Å²) in [5.74, 6) is -0.663. The van der Waals surface area contributed by atoms with Crippen molar-refractivity contribution in [3.8, 4) is 0 Å². The number of anilines is 2. The van der Waals surface area contributed by atoms with Crippen molar-refractivity contribution in [1.82, 2.24) is 9.97 Å². The van der Waals surface area contributed by atoms with E-state index in [0.717, 1.165) is 12.4 Å². The molecule has 2 rings (SSSR count). The first kappa shape index (κ1) is 13.4. The second-order valence-electron chi connectivity index (χ2n) is 3.95. The number of nitrogens with zero attached hydrogens (tertiary/aromatic N) is 3. The molecule has 0 atom stereocenters. The van der Waals surface area contributed by atoms with E-state index in [-0.39, 0.29) is 11.8 Å². The zero-order valence-corrected chi connectivity index (χ0v) is 10.3. The smallest absolute Gasteiger partial charge is 0.230 e. The summed E-state index contributed by atoms with van der Waals surface area (Å²) in [7, 11) is 0. The Balaban J connectivity index is 2.35. The minimum Gasteiger partial charge on any atom is -0.330 e. The molecule has 4 nitrogen and oxygen atoms in total. The predicted molar refractivity (Wildman–Crippen MR) is 69.1 cm³/mol. The number of hydrogen-bond acceptors (Lipinski definition) is 4. The topological polar surface area (TPSA) is 55.0 Å². The Bertz CT molecular complexity index is 530. The zero-order chi connectivity index (χ0) is 13.7. The van der Waals surface area contributed by atoms with Crippen molar-refractivity contribution in [2.75, 3.05) is 18.0 Å². The molecular formula is C13H14F2N4. The second-order valence-corrected chi connectivity index (χ2v) is 3.95. The standard InChI is InChI=1S/C13H14F2N4/c14-10-8-17-13(18-9-10)19(7-3-6-16)12-5-2-1-4-11(12)15/h1-2,4-5,8-9H,3,6-7,16H2. The van der Waals surface area contributed by atoms with Crippen LogP contribution in [0.2, 0.25) is 0 Å². The van der Waals surface area contributed by atoms with Crippen LogP contribution >= 0.6 is 0 Å². The number of para-hydroxylation sites is 1. The van der Waals surface area contributed by atoms with Gasteiger partial charge in [0.25, 0.3) is 0 Å². The third kappa shape index (κ3) is 3.23. The molecule has 1 aromatic carbocycles. The molecule has 0 spiro atoms. The molecule has 0 unspecified atom stereocenters. The van der Waals surface area contributed by atoms with Gasteiger partial charge in [-0.15, -0.1) is 0 Å². The summed E-state index contributed by atoms with van der Waals surface area (Å²) in [6.45, 7) is 0.926. The molecule has 2 N–H and O–H groups in total. The first-order chi connectivity index (χ1) is 9.22. The fraction of sp³-hybridized carbons (Fsp3) is 0.231. The fourth-order valence-electron chi connectivity index (χ4n) is 1.69. The summed E-state index contributed by atoms with van der Waals surface area (Å²) in [6, 6.07) is 6.30. The summed E-state index contributed by atoms with van der Waals surface area (Å²) in [6.07, 6.45) is 2.76. The van der Waals surface area contributed by atoms with Gasteiger partial charge in [0.2, 0.25) is 5.95 Å². The minimum absolute atomic E-state index is 0.250. The first-order valence-corrected chi connectivity index (χ1v) is 5.92. The monoisotopic (exact) mass is 264 g/mol. The van der Waals surface area contributed by atoms with E-state index >= 15 is 0 Å². The van der Waals surface area contributed by atoms with Gasteiger partial charge in [-0.1, -0.05) is 12.1 Å². The molecule has 0 saturated heterocycles. The van der Waals surface area contributed by atoms with Crippen molar-refractivity contribution in [3.05, 3.63) is 48.3 Å². The molecule has 0 aliphatic carbocycles. The molecule has 0 amide bonds. The van der Waals surface area contributed by atoms with Crippen LogP contribution in [-0.2, 0) is 0 Å². The molecule has 100 valence electrons. The SMILES string of the molecule is NCCCN(c1ncc(F)cn1)c1ccccc1F. The molecule has 0 fully saturated rings. The van der Waals surface area contributed by atoms with Crippen LogP contribution in [0.15, 0.2) is 36.7 Å². The van der Waals surface area contributed by atoms with Crippen LogP contribution in [0.5, 0.6) is 0 Å². The van der Waals surface area contributed by atoms with E-state index in [1.807, 2.05) is 0 Å². The van der Waals surface area contributed by atoms with Gasteiger partial charge < -0.3 is 10.6 Å². The highest BCUT2D eigenvalue weighted by molar-refractivity contribution is 5.57. The van der Waals surface area contributed by atoms with Gasteiger partial charge in [0.05, 0.1) is 18.1 Å². The Labute approximate surface area is 109 Å². The molecule has 0 aliphatic rings. The lowest BCUT2D eigenvalue weighted by atomic mass is 10.2. The third-order valence-corrected chi connectivity index (χ3v) is 2.58. The number of benzene rings is 1. The van der Waals surface area contributed by atoms with Crippen molar-refractivity contribution in [1.29, 1.82) is 0 Å². The third-order valence-electron chi connectivity index (χ3n) is 2.58. The van der Waals surface area contributed by atoms with Crippen LogP contribution in [0.4, 0.5) is 20.4 Å². The van der Waals surface area contributed by atoms with Crippen LogP contribution < -0.4 is 10.6 Å². The number of halogens is 2. The van der Waals surface area contributed by atoms with Gasteiger partial charge in [0, 0.05) is 6.54 Å². The van der Waals surface area contributed by atoms with Crippen molar-refractivity contribution in [3.63, 3.8) is 0 Å². The summed E-state index contributed by atoms with van der Waals surface area (Å²) >= 11 is 0. The zero-order valence-electron chi connectivity index (χ0n) is 10.3. The normalized spacial score (nSPS) is 10.5.